The molecule has 11 heteroatoms. The van der Waals surface area contributed by atoms with Crippen molar-refractivity contribution in [1.82, 2.24) is 4.90 Å². The fourth-order valence-electron chi connectivity index (χ4n) is 9.84. The van der Waals surface area contributed by atoms with E-state index < -0.39 is 17.7 Å². The summed E-state index contributed by atoms with van der Waals surface area (Å²) in [5, 5.41) is 24.9. The Balaban J connectivity index is 1.30. The van der Waals surface area contributed by atoms with Crippen LogP contribution in [0.25, 0.3) is 0 Å². The Morgan fingerprint density at radius 2 is 1.63 bits per heavy atom. The van der Waals surface area contributed by atoms with E-state index in [1.807, 2.05) is 54.6 Å². The molecule has 326 valence electrons. The fraction of sp³-hybridized carbons (Fsp3) is 0.412. The average Bonchev–Trinajstić information content (AvgIpc) is 3.77. The van der Waals surface area contributed by atoms with E-state index >= 15 is 0 Å². The van der Waals surface area contributed by atoms with Crippen LogP contribution in [0.1, 0.15) is 83.5 Å². The monoisotopic (exact) mass is 842 g/mol. The van der Waals surface area contributed by atoms with Crippen LogP contribution in [0.5, 0.6) is 28.7 Å². The number of aryl methyl sites for hydroxylation is 2. The van der Waals surface area contributed by atoms with E-state index in [1.165, 1.54) is 5.56 Å². The van der Waals surface area contributed by atoms with Crippen molar-refractivity contribution in [2.24, 2.45) is 22.9 Å². The number of allylic oxidation sites excluding steroid dienone is 1. The van der Waals surface area contributed by atoms with E-state index in [2.05, 4.69) is 38.6 Å². The first-order valence-corrected chi connectivity index (χ1v) is 21.9. The van der Waals surface area contributed by atoms with Crippen molar-refractivity contribution in [2.45, 2.75) is 83.1 Å². The van der Waals surface area contributed by atoms with Gasteiger partial charge in [-0.3, -0.25) is 4.79 Å². The van der Waals surface area contributed by atoms with Crippen molar-refractivity contribution >= 4 is 11.6 Å². The summed E-state index contributed by atoms with van der Waals surface area (Å²) < 4.78 is 32.3. The molecular formula is C51H58N2O9. The number of nitrogens with zero attached hydrogens (tertiary/aromatic N) is 2. The molecule has 0 bridgehead atoms. The van der Waals surface area contributed by atoms with Crippen LogP contribution in [0.15, 0.2) is 114 Å². The highest BCUT2D eigenvalue weighted by Crippen LogP contribution is 2.62. The van der Waals surface area contributed by atoms with Crippen molar-refractivity contribution in [3.05, 3.63) is 137 Å². The Kier molecular flexibility index (Phi) is 13.3. The van der Waals surface area contributed by atoms with Crippen LogP contribution in [0, 0.1) is 31.6 Å². The molecule has 11 nitrogen and oxygen atoms in total. The van der Waals surface area contributed by atoms with Crippen LogP contribution < -0.4 is 18.9 Å². The molecule has 2 N–H and O–H groups in total. The molecule has 4 aromatic rings. The maximum absolute atomic E-state index is 14.8. The summed E-state index contributed by atoms with van der Waals surface area (Å²) in [6, 6.07) is 26.6. The Bertz CT molecular complexity index is 2290. The van der Waals surface area contributed by atoms with Gasteiger partial charge in [0, 0.05) is 43.7 Å². The van der Waals surface area contributed by atoms with Crippen LogP contribution in [-0.2, 0) is 16.2 Å². The molecule has 2 heterocycles. The minimum absolute atomic E-state index is 0.0697. The van der Waals surface area contributed by atoms with Gasteiger partial charge < -0.3 is 43.6 Å². The molecule has 62 heavy (non-hydrogen) atoms. The molecule has 2 aliphatic carbocycles. The molecule has 6 atom stereocenters. The number of aliphatic hydroxyl groups excluding tert-OH is 2. The highest BCUT2D eigenvalue weighted by Gasteiger charge is 2.65. The lowest BCUT2D eigenvalue weighted by Gasteiger charge is -2.59. The van der Waals surface area contributed by atoms with Crippen molar-refractivity contribution in [3.63, 3.8) is 0 Å². The predicted octanol–water partition coefficient (Wildman–Crippen LogP) is 9.43. The molecule has 0 saturated heterocycles. The van der Waals surface area contributed by atoms with E-state index in [0.29, 0.717) is 41.4 Å². The molecule has 2 aliphatic heterocycles. The number of hydrogen-bond donors (Lipinski definition) is 2. The van der Waals surface area contributed by atoms with Crippen LogP contribution in [-0.4, -0.2) is 72.2 Å². The number of unbranched alkanes of at least 4 members (excludes halogenated alkanes) is 2. The van der Waals surface area contributed by atoms with E-state index in [4.69, 9.17) is 33.7 Å². The first-order chi connectivity index (χ1) is 30.2. The zero-order valence-electron chi connectivity index (χ0n) is 36.0. The smallest absolute Gasteiger partial charge is 0.254 e. The first kappa shape index (κ1) is 43.0. The minimum atomic E-state index is -1.39. The normalized spacial score (nSPS) is 23.7. The SMILES string of the molecule is C=CCOC12Oc3ccc(Oc4ccc(C)c(C)c4)cc3C3C(CCCCO)C(CCCCO)C=C(C(=NOCc4ccccc4)CC1N(C)C(=O)c1ccc4c(c1)OCO4)C32. The lowest BCUT2D eigenvalue weighted by Crippen LogP contribution is -2.69. The number of rotatable bonds is 18. The third kappa shape index (κ3) is 8.71. The van der Waals surface area contributed by atoms with Gasteiger partial charge in [-0.25, -0.2) is 0 Å². The lowest BCUT2D eigenvalue weighted by molar-refractivity contribution is -0.252. The topological polar surface area (TPSA) is 129 Å². The predicted molar refractivity (Wildman–Crippen MR) is 237 cm³/mol. The summed E-state index contributed by atoms with van der Waals surface area (Å²) in [6.07, 6.45) is 9.01. The Morgan fingerprint density at radius 3 is 2.40 bits per heavy atom. The fourth-order valence-corrected chi connectivity index (χ4v) is 9.84. The second kappa shape index (κ2) is 19.2. The van der Waals surface area contributed by atoms with Gasteiger partial charge in [0.1, 0.15) is 29.9 Å². The van der Waals surface area contributed by atoms with Crippen molar-refractivity contribution in [1.29, 1.82) is 0 Å². The number of aliphatic hydroxyl groups is 2. The van der Waals surface area contributed by atoms with Crippen molar-refractivity contribution < 1.29 is 43.5 Å². The lowest BCUT2D eigenvalue weighted by atomic mass is 9.55. The number of benzene rings is 4. The zero-order chi connectivity index (χ0) is 43.2. The van der Waals surface area contributed by atoms with Gasteiger partial charge in [-0.15, -0.1) is 6.58 Å². The molecule has 8 rings (SSSR count). The maximum atomic E-state index is 14.8. The molecule has 0 aromatic heterocycles. The van der Waals surface area contributed by atoms with E-state index in [1.54, 1.807) is 36.2 Å². The van der Waals surface area contributed by atoms with Gasteiger partial charge in [0.15, 0.2) is 11.5 Å². The van der Waals surface area contributed by atoms with E-state index in [0.717, 1.165) is 59.4 Å². The van der Waals surface area contributed by atoms with Gasteiger partial charge in [0.05, 0.1) is 18.2 Å². The molecule has 1 fully saturated rings. The number of hydrogen-bond acceptors (Lipinski definition) is 10. The van der Waals surface area contributed by atoms with Crippen LogP contribution in [0.2, 0.25) is 0 Å². The molecule has 0 spiro atoms. The Hall–Kier alpha value is -5.62. The van der Waals surface area contributed by atoms with Crippen LogP contribution in [0.3, 0.4) is 0 Å². The molecule has 6 unspecified atom stereocenters. The molecular weight excluding hydrogens is 785 g/mol. The summed E-state index contributed by atoms with van der Waals surface area (Å²) in [5.41, 5.74) is 6.41. The zero-order valence-corrected chi connectivity index (χ0v) is 36.0. The van der Waals surface area contributed by atoms with Crippen LogP contribution in [0.4, 0.5) is 0 Å². The highest BCUT2D eigenvalue weighted by molar-refractivity contribution is 6.03. The average molecular weight is 843 g/mol. The van der Waals surface area contributed by atoms with Gasteiger partial charge in [-0.2, -0.15) is 0 Å². The van der Waals surface area contributed by atoms with Crippen molar-refractivity contribution in [3.8, 4) is 28.7 Å². The van der Waals surface area contributed by atoms with Gasteiger partial charge >= 0.3 is 0 Å². The van der Waals surface area contributed by atoms with Gasteiger partial charge in [0.2, 0.25) is 12.6 Å². The number of carbonyl (C=O) groups is 1. The largest absolute Gasteiger partial charge is 0.459 e. The number of oxime groups is 1. The van der Waals surface area contributed by atoms with E-state index in [9.17, 15) is 15.0 Å². The number of ether oxygens (including phenoxy) is 5. The molecule has 1 saturated carbocycles. The summed E-state index contributed by atoms with van der Waals surface area (Å²) in [5.74, 6) is 1.06. The number of carbonyl (C=O) groups excluding carboxylic acids is 1. The van der Waals surface area contributed by atoms with Crippen molar-refractivity contribution in [2.75, 3.05) is 33.7 Å². The molecule has 0 radical (unpaired) electrons. The summed E-state index contributed by atoms with van der Waals surface area (Å²) >= 11 is 0. The molecule has 4 aromatic carbocycles. The highest BCUT2D eigenvalue weighted by atomic mass is 16.7. The Labute approximate surface area is 364 Å². The Morgan fingerprint density at radius 1 is 0.887 bits per heavy atom. The van der Waals surface area contributed by atoms with Gasteiger partial charge in [0.25, 0.3) is 5.91 Å². The van der Waals surface area contributed by atoms with E-state index in [-0.39, 0.29) is 63.3 Å². The van der Waals surface area contributed by atoms with Gasteiger partial charge in [-0.05, 0) is 122 Å². The summed E-state index contributed by atoms with van der Waals surface area (Å²) in [4.78, 5) is 22.7. The molecule has 4 aliphatic rings. The second-order valence-corrected chi connectivity index (χ2v) is 16.9. The third-order valence-corrected chi connectivity index (χ3v) is 13.0. The second-order valence-electron chi connectivity index (χ2n) is 16.9. The van der Waals surface area contributed by atoms with Gasteiger partial charge in [-0.1, -0.05) is 66.5 Å². The third-order valence-electron chi connectivity index (χ3n) is 13.0. The standard InChI is InChI=1S/C51H58N2O9/c1-5-25-59-51-47(53(4)50(56)37-18-21-45-46(28-37)58-32-57-45)30-43(52-60-31-35-13-7-6-8-14-35)41-27-36(15-9-11-23-54)40(16-10-12-24-55)48(49(41)51)42-29-39(20-22-44(42)62-51)61-38-19-17-33(2)34(3)26-38/h5-8,13-14,17-22,26-29,36,40,47-49,54-55H,1,9-12,15-16,23-25,30-32H2,2-4H3. The number of amides is 1. The summed E-state index contributed by atoms with van der Waals surface area (Å²) in [7, 11) is 1.79. The number of fused-ring (bicyclic) bond motifs is 3. The molecule has 1 amide bonds. The van der Waals surface area contributed by atoms with Crippen LogP contribution >= 0.6 is 0 Å². The quantitative estimate of drug-likeness (QED) is 0.0572. The maximum Gasteiger partial charge on any atom is 0.254 e. The number of likely N-dealkylation sites (N-methyl/N-ethyl adjacent to an activating group) is 1. The summed E-state index contributed by atoms with van der Waals surface area (Å²) in [6.45, 7) is 8.94. The minimum Gasteiger partial charge on any atom is -0.459 e. The first-order valence-electron chi connectivity index (χ1n) is 21.9.